The van der Waals surface area contributed by atoms with Crippen LogP contribution >= 0.6 is 0 Å². The van der Waals surface area contributed by atoms with Crippen molar-refractivity contribution in [3.05, 3.63) is 78.0 Å². The Bertz CT molecular complexity index is 1590. The van der Waals surface area contributed by atoms with Crippen molar-refractivity contribution < 1.29 is 33.8 Å². The minimum Gasteiger partial charge on any atom is -0.453 e. The maximum atomic E-state index is 13.6. The van der Waals surface area contributed by atoms with E-state index in [1.165, 1.54) is 14.2 Å². The number of alkyl carbamates (subject to hydrolysis) is 2. The molecular formula is C38H52N6O7. The van der Waals surface area contributed by atoms with Crippen LogP contribution < -0.4 is 26.6 Å². The number of aliphatic hydroxyl groups excluding tert-OH is 1. The van der Waals surface area contributed by atoms with Gasteiger partial charge in [0, 0.05) is 42.1 Å². The fraction of sp³-hybridized carbons (Fsp3) is 0.447. The summed E-state index contributed by atoms with van der Waals surface area (Å²) in [6.07, 6.45) is 0.643. The second kappa shape index (κ2) is 20.0. The van der Waals surface area contributed by atoms with Crippen molar-refractivity contribution in [1.82, 2.24) is 20.9 Å². The molecule has 0 aliphatic carbocycles. The van der Waals surface area contributed by atoms with Gasteiger partial charge in [0.1, 0.15) is 12.1 Å². The van der Waals surface area contributed by atoms with Crippen LogP contribution in [0.2, 0.25) is 0 Å². The van der Waals surface area contributed by atoms with E-state index in [1.54, 1.807) is 24.4 Å². The highest BCUT2D eigenvalue weighted by Gasteiger charge is 2.30. The van der Waals surface area contributed by atoms with Gasteiger partial charge < -0.3 is 41.2 Å². The van der Waals surface area contributed by atoms with E-state index in [4.69, 9.17) is 9.47 Å². The molecule has 276 valence electrons. The average molecular weight is 705 g/mol. The Balaban J connectivity index is 1.84. The van der Waals surface area contributed by atoms with Crippen molar-refractivity contribution in [2.24, 2.45) is 11.8 Å². The van der Waals surface area contributed by atoms with Gasteiger partial charge in [-0.1, -0.05) is 77.8 Å². The Kier molecular flexibility index (Phi) is 15.8. The van der Waals surface area contributed by atoms with Crippen molar-refractivity contribution in [1.29, 1.82) is 0 Å². The highest BCUT2D eigenvalue weighted by Crippen LogP contribution is 2.31. The van der Waals surface area contributed by atoms with E-state index >= 15 is 0 Å². The minimum atomic E-state index is -0.896. The number of carbonyl (C=O) groups excluding carboxylic acids is 4. The molecule has 3 rings (SSSR count). The predicted molar refractivity (Wildman–Crippen MR) is 197 cm³/mol. The summed E-state index contributed by atoms with van der Waals surface area (Å²) in [5.41, 5.74) is 4.27. The highest BCUT2D eigenvalue weighted by molar-refractivity contribution is 5.99. The van der Waals surface area contributed by atoms with Crippen LogP contribution in [0.3, 0.4) is 0 Å². The molecule has 4 amide bonds. The second-order valence-corrected chi connectivity index (χ2v) is 12.7. The Labute approximate surface area is 300 Å². The number of ether oxygens (including phenoxy) is 2. The largest absolute Gasteiger partial charge is 0.453 e. The number of pyridine rings is 1. The lowest BCUT2D eigenvalue weighted by Gasteiger charge is -2.27. The molecule has 0 radical (unpaired) electrons. The first kappa shape index (κ1) is 40.4. The van der Waals surface area contributed by atoms with E-state index in [0.717, 1.165) is 16.8 Å². The van der Waals surface area contributed by atoms with E-state index in [-0.39, 0.29) is 18.4 Å². The molecule has 2 aromatic carbocycles. The van der Waals surface area contributed by atoms with Crippen LogP contribution in [0.5, 0.6) is 0 Å². The molecule has 1 aromatic heterocycles. The van der Waals surface area contributed by atoms with Crippen LogP contribution in [0.25, 0.3) is 11.3 Å². The average Bonchev–Trinajstić information content (AvgIpc) is 3.15. The molecule has 0 spiro atoms. The standard InChI is InChI=1S/C38H52N6O7/c1-8-23(3)33(43-37(48)50-6)35(46)41-28-17-18-31(42-36(47)34(24(4)9-2)44-38(49)51-7)29(20-28)25(5)32(45)22-39-21-26-13-15-27(16-14-26)30-12-10-11-19-40-30/h10-20,23-25,32-34,39,45H,8-9,21-22H2,1-7H3,(H,41,46)(H,42,47)(H,43,48)(H,44,49)/t23-,24-,25-,32+,33-,34-/m0/s1. The number of rotatable bonds is 17. The zero-order valence-electron chi connectivity index (χ0n) is 30.5. The molecule has 13 nitrogen and oxygen atoms in total. The molecule has 0 aliphatic rings. The molecule has 13 heteroatoms. The molecule has 0 saturated carbocycles. The first-order valence-corrected chi connectivity index (χ1v) is 17.3. The maximum Gasteiger partial charge on any atom is 0.407 e. The quantitative estimate of drug-likeness (QED) is 0.107. The van der Waals surface area contributed by atoms with E-state index < -0.39 is 48.1 Å². The van der Waals surface area contributed by atoms with Gasteiger partial charge in [-0.05, 0) is 53.3 Å². The molecule has 0 fully saturated rings. The lowest BCUT2D eigenvalue weighted by Crippen LogP contribution is -2.48. The van der Waals surface area contributed by atoms with Crippen LogP contribution in [-0.4, -0.2) is 73.0 Å². The number of aliphatic hydroxyl groups is 1. The molecule has 0 unspecified atom stereocenters. The third-order valence-electron chi connectivity index (χ3n) is 9.15. The number of hydrogen-bond donors (Lipinski definition) is 6. The summed E-state index contributed by atoms with van der Waals surface area (Å²) in [6.45, 7) is 10.1. The first-order chi connectivity index (χ1) is 24.4. The van der Waals surface area contributed by atoms with Gasteiger partial charge in [-0.3, -0.25) is 14.6 Å². The summed E-state index contributed by atoms with van der Waals surface area (Å²) in [7, 11) is 2.46. The first-order valence-electron chi connectivity index (χ1n) is 17.3. The van der Waals surface area contributed by atoms with Crippen molar-refractivity contribution in [2.75, 3.05) is 31.4 Å². The normalized spacial score (nSPS) is 14.5. The van der Waals surface area contributed by atoms with Crippen molar-refractivity contribution in [3.8, 4) is 11.3 Å². The van der Waals surface area contributed by atoms with Gasteiger partial charge in [-0.15, -0.1) is 0 Å². The number of anilines is 2. The molecule has 3 aromatic rings. The molecule has 6 N–H and O–H groups in total. The Morgan fingerprint density at radius 1 is 0.784 bits per heavy atom. The van der Waals surface area contributed by atoms with Crippen molar-refractivity contribution in [2.45, 2.75) is 78.1 Å². The zero-order valence-corrected chi connectivity index (χ0v) is 30.5. The number of aromatic nitrogens is 1. The number of carbonyl (C=O) groups is 4. The van der Waals surface area contributed by atoms with Gasteiger partial charge in [0.05, 0.1) is 26.0 Å². The molecular weight excluding hydrogens is 652 g/mol. The van der Waals surface area contributed by atoms with E-state index in [2.05, 4.69) is 31.6 Å². The Morgan fingerprint density at radius 2 is 1.37 bits per heavy atom. The van der Waals surface area contributed by atoms with Gasteiger partial charge in [-0.25, -0.2) is 9.59 Å². The monoisotopic (exact) mass is 704 g/mol. The third kappa shape index (κ3) is 11.8. The third-order valence-corrected chi connectivity index (χ3v) is 9.15. The lowest BCUT2D eigenvalue weighted by molar-refractivity contribution is -0.119. The number of hydrogen-bond acceptors (Lipinski definition) is 9. The SMILES string of the molecule is CC[C@H](C)[C@H](NC(=O)OC)C(=O)Nc1ccc(NC(=O)[C@@H](NC(=O)OC)[C@@H](C)CC)c([C@H](C)[C@H](O)CNCc2ccc(-c3ccccn3)cc2)c1. The van der Waals surface area contributed by atoms with Crippen LogP contribution in [0.1, 0.15) is 64.5 Å². The summed E-state index contributed by atoms with van der Waals surface area (Å²) in [5, 5.41) is 25.7. The van der Waals surface area contributed by atoms with Gasteiger partial charge in [0.15, 0.2) is 0 Å². The second-order valence-electron chi connectivity index (χ2n) is 12.7. The van der Waals surface area contributed by atoms with Gasteiger partial charge in [0.25, 0.3) is 0 Å². The lowest BCUT2D eigenvalue weighted by atomic mass is 9.92. The van der Waals surface area contributed by atoms with Gasteiger partial charge >= 0.3 is 12.2 Å². The molecule has 6 atom stereocenters. The van der Waals surface area contributed by atoms with E-state index in [1.807, 2.05) is 77.1 Å². The number of benzene rings is 2. The highest BCUT2D eigenvalue weighted by atomic mass is 16.5. The Morgan fingerprint density at radius 3 is 1.90 bits per heavy atom. The maximum absolute atomic E-state index is 13.6. The minimum absolute atomic E-state index is 0.194. The van der Waals surface area contributed by atoms with Crippen molar-refractivity contribution >= 4 is 35.4 Å². The van der Waals surface area contributed by atoms with Crippen LogP contribution in [0, 0.1) is 11.8 Å². The summed E-state index contributed by atoms with van der Waals surface area (Å²) >= 11 is 0. The fourth-order valence-corrected chi connectivity index (χ4v) is 5.41. The van der Waals surface area contributed by atoms with E-state index in [9.17, 15) is 24.3 Å². The summed E-state index contributed by atoms with van der Waals surface area (Å²) in [6, 6.07) is 17.0. The van der Waals surface area contributed by atoms with Crippen LogP contribution in [-0.2, 0) is 25.6 Å². The molecule has 51 heavy (non-hydrogen) atoms. The molecule has 0 bridgehead atoms. The summed E-state index contributed by atoms with van der Waals surface area (Å²) in [5.74, 6) is -1.83. The van der Waals surface area contributed by atoms with Gasteiger partial charge in [-0.2, -0.15) is 0 Å². The smallest absolute Gasteiger partial charge is 0.407 e. The summed E-state index contributed by atoms with van der Waals surface area (Å²) in [4.78, 5) is 55.4. The van der Waals surface area contributed by atoms with Crippen molar-refractivity contribution in [3.63, 3.8) is 0 Å². The van der Waals surface area contributed by atoms with Crippen LogP contribution in [0.15, 0.2) is 66.9 Å². The summed E-state index contributed by atoms with van der Waals surface area (Å²) < 4.78 is 9.47. The van der Waals surface area contributed by atoms with E-state index in [0.29, 0.717) is 36.3 Å². The number of nitrogens with zero attached hydrogens (tertiary/aromatic N) is 1. The molecule has 0 aliphatic heterocycles. The number of nitrogens with one attached hydrogen (secondary N) is 5. The number of methoxy groups -OCH3 is 2. The Hall–Kier alpha value is -5.01. The molecule has 0 saturated heterocycles. The zero-order chi connectivity index (χ0) is 37.5. The van der Waals surface area contributed by atoms with Crippen LogP contribution in [0.4, 0.5) is 21.0 Å². The predicted octanol–water partition coefficient (Wildman–Crippen LogP) is 5.42. The fourth-order valence-electron chi connectivity index (χ4n) is 5.41. The van der Waals surface area contributed by atoms with Gasteiger partial charge in [0.2, 0.25) is 11.8 Å². The number of amides is 4. The molecule has 1 heterocycles. The topological polar surface area (TPSA) is 180 Å².